The van der Waals surface area contributed by atoms with Crippen LogP contribution >= 0.6 is 0 Å². The molecule has 0 bridgehead atoms. The molecule has 0 aromatic carbocycles. The van der Waals surface area contributed by atoms with Crippen molar-refractivity contribution in [3.8, 4) is 0 Å². The summed E-state index contributed by atoms with van der Waals surface area (Å²) in [5.41, 5.74) is 0. The first kappa shape index (κ1) is 16.4. The molecule has 0 aromatic heterocycles. The van der Waals surface area contributed by atoms with Gasteiger partial charge in [-0.05, 0) is 32.1 Å². The molecule has 0 amide bonds. The van der Waals surface area contributed by atoms with Gasteiger partial charge >= 0.3 is 0 Å². The van der Waals surface area contributed by atoms with Crippen molar-refractivity contribution in [2.75, 3.05) is 0 Å². The number of rotatable bonds is 4. The molecule has 2 nitrogen and oxygen atoms in total. The van der Waals surface area contributed by atoms with Crippen LogP contribution in [0.5, 0.6) is 0 Å². The maximum absolute atomic E-state index is 8.82. The maximum Gasteiger partial charge on any atom is 0.0537 e. The topological polar surface area (TPSA) is 40.5 Å². The van der Waals surface area contributed by atoms with E-state index in [1.807, 2.05) is 20.8 Å². The number of hydrogen-bond donors (Lipinski definition) is 2. The molecule has 0 saturated carbocycles. The van der Waals surface area contributed by atoms with Gasteiger partial charge in [-0.25, -0.2) is 0 Å². The second-order valence-electron chi connectivity index (χ2n) is 4.60. The second kappa shape index (κ2) is 9.47. The Morgan fingerprint density at radius 2 is 1.36 bits per heavy atom. The van der Waals surface area contributed by atoms with Gasteiger partial charge in [0.2, 0.25) is 0 Å². The highest BCUT2D eigenvalue weighted by molar-refractivity contribution is 4.54. The van der Waals surface area contributed by atoms with Crippen molar-refractivity contribution >= 4 is 0 Å². The minimum absolute atomic E-state index is 0.125. The van der Waals surface area contributed by atoms with Gasteiger partial charge < -0.3 is 10.2 Å². The number of hydrogen-bond acceptors (Lipinski definition) is 2. The van der Waals surface area contributed by atoms with E-state index in [1.165, 1.54) is 0 Å². The van der Waals surface area contributed by atoms with E-state index in [9.17, 15) is 0 Å². The van der Waals surface area contributed by atoms with Gasteiger partial charge in [-0.3, -0.25) is 0 Å². The lowest BCUT2D eigenvalue weighted by atomic mass is 10.0. The average molecular weight is 204 g/mol. The molecule has 0 aliphatic carbocycles. The van der Waals surface area contributed by atoms with Crippen LogP contribution in [0.2, 0.25) is 0 Å². The second-order valence-corrected chi connectivity index (χ2v) is 4.60. The van der Waals surface area contributed by atoms with Crippen molar-refractivity contribution in [3.63, 3.8) is 0 Å². The maximum atomic E-state index is 8.82. The predicted molar refractivity (Wildman–Crippen MR) is 62.3 cm³/mol. The van der Waals surface area contributed by atoms with Crippen LogP contribution in [0.25, 0.3) is 0 Å². The standard InChI is InChI=1S/2C6H14O/c1-5(2)4-6(3)7;1-4-5(2)6(3)7/h2*5-7H,4H2,1-3H3. The van der Waals surface area contributed by atoms with Gasteiger partial charge in [-0.1, -0.05) is 34.1 Å². The van der Waals surface area contributed by atoms with Crippen LogP contribution in [0, 0.1) is 11.8 Å². The Morgan fingerprint density at radius 1 is 0.929 bits per heavy atom. The summed E-state index contributed by atoms with van der Waals surface area (Å²) >= 11 is 0. The van der Waals surface area contributed by atoms with Crippen molar-refractivity contribution in [1.82, 2.24) is 0 Å². The van der Waals surface area contributed by atoms with Crippen LogP contribution < -0.4 is 0 Å². The quantitative estimate of drug-likeness (QED) is 0.739. The molecule has 2 heteroatoms. The summed E-state index contributed by atoms with van der Waals surface area (Å²) in [6.07, 6.45) is 1.72. The average Bonchev–Trinajstić information content (AvgIpc) is 2.01. The molecule has 14 heavy (non-hydrogen) atoms. The largest absolute Gasteiger partial charge is 0.393 e. The van der Waals surface area contributed by atoms with E-state index in [0.29, 0.717) is 11.8 Å². The van der Waals surface area contributed by atoms with Crippen molar-refractivity contribution in [2.24, 2.45) is 11.8 Å². The van der Waals surface area contributed by atoms with E-state index in [0.717, 1.165) is 12.8 Å². The Balaban J connectivity index is 0. The Labute approximate surface area is 89.3 Å². The molecule has 0 heterocycles. The van der Waals surface area contributed by atoms with E-state index in [-0.39, 0.29) is 12.2 Å². The highest BCUT2D eigenvalue weighted by atomic mass is 16.3. The first-order chi connectivity index (χ1) is 6.31. The minimum atomic E-state index is -0.134. The molecule has 2 N–H and O–H groups in total. The van der Waals surface area contributed by atoms with Gasteiger partial charge in [0, 0.05) is 0 Å². The van der Waals surface area contributed by atoms with Crippen molar-refractivity contribution in [1.29, 1.82) is 0 Å². The van der Waals surface area contributed by atoms with Crippen LogP contribution in [0.15, 0.2) is 0 Å². The molecular formula is C12H28O2. The zero-order valence-corrected chi connectivity index (χ0v) is 10.6. The van der Waals surface area contributed by atoms with Gasteiger partial charge in [0.15, 0.2) is 0 Å². The lowest BCUT2D eigenvalue weighted by molar-refractivity contribution is 0.133. The zero-order chi connectivity index (χ0) is 11.7. The van der Waals surface area contributed by atoms with Gasteiger partial charge in [0.05, 0.1) is 12.2 Å². The molecule has 88 valence electrons. The van der Waals surface area contributed by atoms with Crippen molar-refractivity contribution in [3.05, 3.63) is 0 Å². The van der Waals surface area contributed by atoms with Crippen molar-refractivity contribution in [2.45, 2.75) is 66.6 Å². The highest BCUT2D eigenvalue weighted by Gasteiger charge is 2.03. The summed E-state index contributed by atoms with van der Waals surface area (Å²) in [4.78, 5) is 0. The van der Waals surface area contributed by atoms with Gasteiger partial charge in [-0.15, -0.1) is 0 Å². The first-order valence-corrected chi connectivity index (χ1v) is 5.67. The molecule has 0 aliphatic rings. The molecule has 0 spiro atoms. The van der Waals surface area contributed by atoms with E-state index < -0.39 is 0 Å². The molecule has 0 saturated heterocycles. The Hall–Kier alpha value is -0.0800. The fraction of sp³-hybridized carbons (Fsp3) is 1.00. The molecule has 0 fully saturated rings. The molecule has 3 atom stereocenters. The summed E-state index contributed by atoms with van der Waals surface area (Å²) in [5.74, 6) is 1.08. The Morgan fingerprint density at radius 3 is 1.36 bits per heavy atom. The third-order valence-electron chi connectivity index (χ3n) is 2.28. The van der Waals surface area contributed by atoms with Crippen LogP contribution in [0.1, 0.15) is 54.4 Å². The third-order valence-corrected chi connectivity index (χ3v) is 2.28. The van der Waals surface area contributed by atoms with Crippen LogP contribution in [0.4, 0.5) is 0 Å². The molecule has 0 aliphatic heterocycles. The fourth-order valence-electron chi connectivity index (χ4n) is 1.02. The predicted octanol–water partition coefficient (Wildman–Crippen LogP) is 2.83. The van der Waals surface area contributed by atoms with Gasteiger partial charge in [-0.2, -0.15) is 0 Å². The fourth-order valence-corrected chi connectivity index (χ4v) is 1.02. The summed E-state index contributed by atoms with van der Waals surface area (Å²) in [7, 11) is 0. The Kier molecular flexibility index (Phi) is 11.1. The lowest BCUT2D eigenvalue weighted by Gasteiger charge is -2.09. The molecular weight excluding hydrogens is 176 g/mol. The Bertz CT molecular complexity index is 103. The monoisotopic (exact) mass is 204 g/mol. The van der Waals surface area contributed by atoms with E-state index >= 15 is 0 Å². The number of aliphatic hydroxyl groups excluding tert-OH is 2. The summed E-state index contributed by atoms with van der Waals surface area (Å²) < 4.78 is 0. The van der Waals surface area contributed by atoms with Crippen molar-refractivity contribution < 1.29 is 10.2 Å². The molecule has 0 aromatic rings. The smallest absolute Gasteiger partial charge is 0.0537 e. The van der Waals surface area contributed by atoms with Crippen LogP contribution in [-0.4, -0.2) is 22.4 Å². The molecule has 0 rings (SSSR count). The normalized spacial score (nSPS) is 16.9. The van der Waals surface area contributed by atoms with Crippen LogP contribution in [0.3, 0.4) is 0 Å². The van der Waals surface area contributed by atoms with Crippen LogP contribution in [-0.2, 0) is 0 Å². The first-order valence-electron chi connectivity index (χ1n) is 5.67. The van der Waals surface area contributed by atoms with Gasteiger partial charge in [0.1, 0.15) is 0 Å². The number of aliphatic hydroxyl groups is 2. The van der Waals surface area contributed by atoms with E-state index in [4.69, 9.17) is 10.2 Å². The summed E-state index contributed by atoms with van der Waals surface area (Å²) in [6, 6.07) is 0. The molecule has 0 radical (unpaired) electrons. The SMILES string of the molecule is CC(C)CC(C)O.CCC(C)C(C)O. The van der Waals surface area contributed by atoms with E-state index in [2.05, 4.69) is 20.8 Å². The minimum Gasteiger partial charge on any atom is -0.393 e. The third kappa shape index (κ3) is 14.4. The highest BCUT2D eigenvalue weighted by Crippen LogP contribution is 2.04. The molecule has 3 unspecified atom stereocenters. The zero-order valence-electron chi connectivity index (χ0n) is 10.6. The summed E-state index contributed by atoms with van der Waals surface area (Å²) in [5, 5.41) is 17.5. The lowest BCUT2D eigenvalue weighted by Crippen LogP contribution is -2.10. The van der Waals surface area contributed by atoms with Gasteiger partial charge in [0.25, 0.3) is 0 Å². The van der Waals surface area contributed by atoms with E-state index in [1.54, 1.807) is 0 Å². The summed E-state index contributed by atoms with van der Waals surface area (Å²) in [6.45, 7) is 12.0.